The highest BCUT2D eigenvalue weighted by Gasteiger charge is 2.32. The zero-order valence-corrected chi connectivity index (χ0v) is 42.8. The number of fused-ring (bicyclic) bond motifs is 4. The van der Waals surface area contributed by atoms with Gasteiger partial charge in [-0.2, -0.15) is 0 Å². The summed E-state index contributed by atoms with van der Waals surface area (Å²) in [5.41, 5.74) is 17.2. The number of benzene rings is 9. The molecule has 5 heteroatoms. The fraction of sp³-hybridized carbons (Fsp3) is 0.145. The molecule has 0 saturated carbocycles. The summed E-state index contributed by atoms with van der Waals surface area (Å²) in [6, 6.07) is 76.4. The molecule has 0 radical (unpaired) electrons. The van der Waals surface area contributed by atoms with Gasteiger partial charge in [0.1, 0.15) is 24.0 Å². The molecular formula is C69H60N4O. The van der Waals surface area contributed by atoms with E-state index in [0.29, 0.717) is 29.5 Å². The van der Waals surface area contributed by atoms with Crippen LogP contribution in [0.25, 0.3) is 72.1 Å². The van der Waals surface area contributed by atoms with Crippen LogP contribution in [0.4, 0.5) is 22.7 Å². The lowest BCUT2D eigenvalue weighted by Gasteiger charge is -2.28. The SMILES string of the molecule is [2H]C([2H])([2H])c1cc(-n2c3ccccc3c3ccc(Oc4cccc(N5CN(c6c(-c7ccc(C(C)(C)C)cc7)cccc6-c6cccc(-c7ccccc7)c6)c6ccccc65)c4)cc32)ncc1-c1ccc(C(C)(C)C)cc1. The van der Waals surface area contributed by atoms with Crippen LogP contribution in [0.3, 0.4) is 0 Å². The fourth-order valence-corrected chi connectivity index (χ4v) is 10.6. The number of aryl methyl sites for hydroxylation is 1. The highest BCUT2D eigenvalue weighted by Crippen LogP contribution is 2.51. The first kappa shape index (κ1) is 43.0. The van der Waals surface area contributed by atoms with Gasteiger partial charge in [0.25, 0.3) is 0 Å². The molecule has 362 valence electrons. The average Bonchev–Trinajstić information content (AvgIpc) is 4.07. The molecule has 0 aliphatic carbocycles. The summed E-state index contributed by atoms with van der Waals surface area (Å²) in [5, 5.41) is 2.04. The Morgan fingerprint density at radius 2 is 1.03 bits per heavy atom. The minimum Gasteiger partial charge on any atom is -0.457 e. The van der Waals surface area contributed by atoms with E-state index in [1.807, 2.05) is 47.0 Å². The summed E-state index contributed by atoms with van der Waals surface area (Å²) in [6.45, 7) is 11.5. The van der Waals surface area contributed by atoms with Gasteiger partial charge < -0.3 is 14.5 Å². The highest BCUT2D eigenvalue weighted by atomic mass is 16.5. The number of pyridine rings is 1. The van der Waals surface area contributed by atoms with Crippen molar-refractivity contribution >= 4 is 44.6 Å². The lowest BCUT2D eigenvalue weighted by Crippen LogP contribution is -2.25. The second-order valence-corrected chi connectivity index (χ2v) is 21.5. The lowest BCUT2D eigenvalue weighted by molar-refractivity contribution is 0.483. The van der Waals surface area contributed by atoms with Crippen molar-refractivity contribution in [3.63, 3.8) is 0 Å². The zero-order valence-electron chi connectivity index (χ0n) is 45.8. The molecule has 12 rings (SSSR count). The number of hydrogen-bond acceptors (Lipinski definition) is 4. The molecule has 0 fully saturated rings. The van der Waals surface area contributed by atoms with Gasteiger partial charge in [0.05, 0.1) is 28.1 Å². The van der Waals surface area contributed by atoms with Crippen LogP contribution in [-0.2, 0) is 10.8 Å². The van der Waals surface area contributed by atoms with Crippen molar-refractivity contribution in [2.45, 2.75) is 59.2 Å². The molecule has 5 nitrogen and oxygen atoms in total. The van der Waals surface area contributed by atoms with E-state index in [4.69, 9.17) is 13.8 Å². The first-order valence-electron chi connectivity index (χ1n) is 27.0. The van der Waals surface area contributed by atoms with Crippen LogP contribution in [0, 0.1) is 6.85 Å². The maximum atomic E-state index is 8.70. The Morgan fingerprint density at radius 3 is 1.74 bits per heavy atom. The van der Waals surface area contributed by atoms with Gasteiger partial charge in [-0.3, -0.25) is 4.57 Å². The van der Waals surface area contributed by atoms with Crippen LogP contribution >= 0.6 is 0 Å². The van der Waals surface area contributed by atoms with Crippen LogP contribution in [0.1, 0.15) is 62.3 Å². The van der Waals surface area contributed by atoms with Gasteiger partial charge in [-0.25, -0.2) is 4.98 Å². The zero-order chi connectivity index (χ0) is 53.2. The molecule has 3 heterocycles. The molecule has 0 bridgehead atoms. The summed E-state index contributed by atoms with van der Waals surface area (Å²) >= 11 is 0. The van der Waals surface area contributed by atoms with Crippen LogP contribution in [0.5, 0.6) is 11.5 Å². The smallest absolute Gasteiger partial charge is 0.137 e. The van der Waals surface area contributed by atoms with Crippen LogP contribution in [0.15, 0.2) is 225 Å². The Bertz CT molecular complexity index is 4000. The molecule has 9 aromatic carbocycles. The predicted molar refractivity (Wildman–Crippen MR) is 311 cm³/mol. The molecule has 1 aliphatic heterocycles. The summed E-state index contributed by atoms with van der Waals surface area (Å²) in [6.07, 6.45) is 1.71. The van der Waals surface area contributed by atoms with Gasteiger partial charge in [-0.05, 0) is 117 Å². The summed E-state index contributed by atoms with van der Waals surface area (Å²) in [7, 11) is 0. The molecule has 0 saturated heterocycles. The van der Waals surface area contributed by atoms with Gasteiger partial charge in [0.15, 0.2) is 0 Å². The number of anilines is 4. The average molecular weight is 964 g/mol. The first-order valence-corrected chi connectivity index (χ1v) is 25.5. The van der Waals surface area contributed by atoms with Crippen molar-refractivity contribution in [2.24, 2.45) is 0 Å². The van der Waals surface area contributed by atoms with Crippen molar-refractivity contribution < 1.29 is 8.85 Å². The van der Waals surface area contributed by atoms with Crippen LogP contribution in [-0.4, -0.2) is 16.2 Å². The molecule has 11 aromatic rings. The Hall–Kier alpha value is -8.67. The molecule has 0 N–H and O–H groups in total. The Morgan fingerprint density at radius 1 is 0.446 bits per heavy atom. The van der Waals surface area contributed by atoms with Crippen molar-refractivity contribution in [2.75, 3.05) is 16.5 Å². The van der Waals surface area contributed by atoms with E-state index in [0.717, 1.165) is 72.4 Å². The molecule has 1 aliphatic rings. The first-order chi connectivity index (χ1) is 37.1. The molecule has 0 unspecified atom stereocenters. The fourth-order valence-electron chi connectivity index (χ4n) is 10.6. The minimum atomic E-state index is -2.39. The Balaban J connectivity index is 0.914. The van der Waals surface area contributed by atoms with E-state index in [1.165, 1.54) is 22.3 Å². The number of aromatic nitrogens is 2. The number of rotatable bonds is 9. The molecule has 0 amide bonds. The molecular weight excluding hydrogens is 901 g/mol. The van der Waals surface area contributed by atoms with E-state index < -0.39 is 6.85 Å². The second kappa shape index (κ2) is 18.4. The van der Waals surface area contributed by atoms with E-state index in [-0.39, 0.29) is 16.4 Å². The third-order valence-corrected chi connectivity index (χ3v) is 14.6. The quantitative estimate of drug-likeness (QED) is 0.144. The molecule has 0 atom stereocenters. The standard InChI is InChI=1S/C69H60N4O/c1-46-40-66(70-44-61(46)49-32-36-53(37-33-49)69(5,6)7)73-62-27-12-11-24-59(62)60-39-38-56(43-65(60)73)74-55-23-16-22-54(42-55)71-45-72(64-29-14-13-28-63(64)71)67-57(48-30-34-52(35-31-48)68(2,3)4)25-17-26-58(67)51-21-15-20-50(41-51)47-18-9-8-10-19-47/h8-44H,45H2,1-7H3/i1D3. The summed E-state index contributed by atoms with van der Waals surface area (Å²) in [4.78, 5) is 9.83. The van der Waals surface area contributed by atoms with Gasteiger partial charge >= 0.3 is 0 Å². The lowest BCUT2D eigenvalue weighted by atomic mass is 9.85. The number of ether oxygens (including phenoxy) is 1. The van der Waals surface area contributed by atoms with Crippen molar-refractivity contribution in [1.29, 1.82) is 0 Å². The summed E-state index contributed by atoms with van der Waals surface area (Å²) in [5.74, 6) is 1.84. The second-order valence-electron chi connectivity index (χ2n) is 21.5. The largest absolute Gasteiger partial charge is 0.457 e. The normalized spacial score (nSPS) is 13.5. The topological polar surface area (TPSA) is 33.5 Å². The minimum absolute atomic E-state index is 0.0266. The van der Waals surface area contributed by atoms with Crippen molar-refractivity contribution in [3.8, 4) is 61.8 Å². The number of nitrogens with zero attached hydrogens (tertiary/aromatic N) is 4. The predicted octanol–water partition coefficient (Wildman–Crippen LogP) is 18.8. The van der Waals surface area contributed by atoms with E-state index in [2.05, 4.69) is 221 Å². The van der Waals surface area contributed by atoms with Gasteiger partial charge in [-0.15, -0.1) is 0 Å². The molecule has 2 aromatic heterocycles. The monoisotopic (exact) mass is 963 g/mol. The van der Waals surface area contributed by atoms with Crippen molar-refractivity contribution in [1.82, 2.24) is 9.55 Å². The molecule has 0 spiro atoms. The van der Waals surface area contributed by atoms with E-state index in [9.17, 15) is 0 Å². The Kier molecular flexibility index (Phi) is 10.7. The Labute approximate surface area is 439 Å². The van der Waals surface area contributed by atoms with Crippen LogP contribution in [0.2, 0.25) is 0 Å². The maximum absolute atomic E-state index is 8.70. The van der Waals surface area contributed by atoms with E-state index in [1.54, 1.807) is 12.3 Å². The van der Waals surface area contributed by atoms with Gasteiger partial charge in [0, 0.05) is 55.6 Å². The highest BCUT2D eigenvalue weighted by molar-refractivity contribution is 6.09. The van der Waals surface area contributed by atoms with Crippen LogP contribution < -0.4 is 14.5 Å². The van der Waals surface area contributed by atoms with Gasteiger partial charge in [-0.1, -0.05) is 193 Å². The van der Waals surface area contributed by atoms with E-state index >= 15 is 0 Å². The van der Waals surface area contributed by atoms with Crippen molar-refractivity contribution in [3.05, 3.63) is 241 Å². The third-order valence-electron chi connectivity index (χ3n) is 14.6. The molecule has 74 heavy (non-hydrogen) atoms. The number of hydrogen-bond donors (Lipinski definition) is 0. The number of para-hydroxylation sites is 4. The van der Waals surface area contributed by atoms with Gasteiger partial charge in [0.2, 0.25) is 0 Å². The summed E-state index contributed by atoms with van der Waals surface area (Å²) < 4.78 is 35.0. The third kappa shape index (κ3) is 8.58. The maximum Gasteiger partial charge on any atom is 0.137 e.